The summed E-state index contributed by atoms with van der Waals surface area (Å²) in [5.74, 6) is 1.40. The number of anilines is 1. The molecule has 81 heavy (non-hydrogen) atoms. The average molecular weight is 1130 g/mol. The van der Waals surface area contributed by atoms with Crippen molar-refractivity contribution in [3.8, 4) is 29.2 Å². The number of amides is 1. The Morgan fingerprint density at radius 1 is 0.753 bits per heavy atom. The van der Waals surface area contributed by atoms with Crippen LogP contribution in [0.1, 0.15) is 42.2 Å². The van der Waals surface area contributed by atoms with Gasteiger partial charge in [0.05, 0.1) is 45.7 Å². The lowest BCUT2D eigenvalue weighted by Crippen LogP contribution is -2.58. The summed E-state index contributed by atoms with van der Waals surface area (Å²) in [5.41, 5.74) is 1.90. The van der Waals surface area contributed by atoms with Crippen LogP contribution >= 0.6 is 8.53 Å². The van der Waals surface area contributed by atoms with E-state index < -0.39 is 52.6 Å². The number of nitrogens with one attached hydrogen (secondary N) is 1. The molecule has 17 nitrogen and oxygen atoms in total. The second-order valence-electron chi connectivity index (χ2n) is 20.3. The number of hydrogen-bond donors (Lipinski definition) is 1. The molecule has 5 heterocycles. The van der Waals surface area contributed by atoms with E-state index in [0.29, 0.717) is 17.2 Å². The predicted molar refractivity (Wildman–Crippen MR) is 310 cm³/mol. The summed E-state index contributed by atoms with van der Waals surface area (Å²) in [6, 6.07) is 59.7. The van der Waals surface area contributed by atoms with Crippen molar-refractivity contribution in [2.24, 2.45) is 0 Å². The second-order valence-corrected chi connectivity index (χ2v) is 25.9. The number of carbonyl (C=O) groups excluding carboxylic acids is 1. The Labute approximate surface area is 473 Å². The zero-order chi connectivity index (χ0) is 55.8. The van der Waals surface area contributed by atoms with Gasteiger partial charge in [0.1, 0.15) is 55.8 Å². The summed E-state index contributed by atoms with van der Waals surface area (Å²) in [7, 11) is 0.885. The third-order valence-corrected chi connectivity index (χ3v) is 21.7. The van der Waals surface area contributed by atoms with Crippen molar-refractivity contribution in [1.82, 2.24) is 24.2 Å². The summed E-state index contributed by atoms with van der Waals surface area (Å²) >= 11 is 0. The van der Waals surface area contributed by atoms with Crippen LogP contribution in [0.4, 0.5) is 5.95 Å². The third-order valence-electron chi connectivity index (χ3n) is 15.5. The van der Waals surface area contributed by atoms with Gasteiger partial charge in [0.2, 0.25) is 11.8 Å². The molecule has 19 heteroatoms. The minimum Gasteiger partial charge on any atom is -0.497 e. The van der Waals surface area contributed by atoms with Crippen molar-refractivity contribution in [3.05, 3.63) is 193 Å². The molecule has 0 radical (unpaired) electrons. The van der Waals surface area contributed by atoms with E-state index in [4.69, 9.17) is 52.2 Å². The maximum absolute atomic E-state index is 13.4. The first-order valence-electron chi connectivity index (χ1n) is 27.1. The molecule has 1 amide bonds. The fourth-order valence-corrected chi connectivity index (χ4v) is 17.3. The standard InChI is InChI=1S/C62H64N7O10PSi/c1-71-46-32-28-44(29-33-46)62(43-19-9-5-10-20-43,45-30-34-47(72-2)35-31-45)76-39-52-56(79-80-69-37-17-27-51(69)53(78-80)41-81(4,49-23-13-7-14-24-49)50-25-15-8-16-26-50)57(73-3)60(77-52)68-42-64-55-58(68)66-61(67-59(55)74-38-18-36-63)65-54(70)40-75-48-21-11-6-12-22-48/h5-16,19-26,28-35,42,51-53,56-57,60H,17-18,27,37-41H2,1-4H3,(H,65,66,67,70)/t51-,52+,53+,56+,57+,60+,80+/m0/s1. The molecule has 3 aliphatic heterocycles. The number of ether oxygens (including phenoxy) is 7. The number of imidazole rings is 1. The van der Waals surface area contributed by atoms with Crippen molar-refractivity contribution < 1.29 is 47.0 Å². The summed E-state index contributed by atoms with van der Waals surface area (Å²) in [6.45, 7) is 2.96. The van der Waals surface area contributed by atoms with Crippen molar-refractivity contribution in [2.45, 2.75) is 74.1 Å². The molecular weight excluding hydrogens is 1060 g/mol. The highest BCUT2D eigenvalue weighted by atomic mass is 31.2. The Balaban J connectivity index is 0.982. The number of aromatic nitrogens is 4. The summed E-state index contributed by atoms with van der Waals surface area (Å²) in [4.78, 5) is 27.6. The number of benzene rings is 6. The van der Waals surface area contributed by atoms with Crippen LogP contribution in [0.15, 0.2) is 176 Å². The molecule has 3 saturated heterocycles. The maximum atomic E-state index is 13.4. The van der Waals surface area contributed by atoms with Crippen molar-refractivity contribution in [3.63, 3.8) is 0 Å². The molecule has 8 aromatic rings. The van der Waals surface area contributed by atoms with Crippen molar-refractivity contribution in [2.75, 3.05) is 53.0 Å². The molecule has 6 aromatic carbocycles. The van der Waals surface area contributed by atoms with Gasteiger partial charge in [0.25, 0.3) is 14.4 Å². The Morgan fingerprint density at radius 2 is 1.36 bits per heavy atom. The van der Waals surface area contributed by atoms with Gasteiger partial charge in [0.15, 0.2) is 24.0 Å². The molecule has 1 N–H and O–H groups in total. The molecule has 3 fully saturated rings. The molecule has 0 unspecified atom stereocenters. The van der Waals surface area contributed by atoms with Gasteiger partial charge in [-0.25, -0.2) is 9.65 Å². The van der Waals surface area contributed by atoms with Gasteiger partial charge in [-0.3, -0.25) is 14.7 Å². The van der Waals surface area contributed by atoms with Gasteiger partial charge in [-0.05, 0) is 72.0 Å². The molecule has 0 bridgehead atoms. The van der Waals surface area contributed by atoms with E-state index in [1.807, 2.05) is 84.9 Å². The highest BCUT2D eigenvalue weighted by molar-refractivity contribution is 7.45. The quantitative estimate of drug-likeness (QED) is 0.0276. The fraction of sp³-hybridized carbons (Fsp3) is 0.306. The lowest BCUT2D eigenvalue weighted by molar-refractivity contribution is -0.118. The van der Waals surface area contributed by atoms with E-state index in [0.717, 1.165) is 42.1 Å². The van der Waals surface area contributed by atoms with Gasteiger partial charge in [-0.15, -0.1) is 0 Å². The smallest absolute Gasteiger partial charge is 0.264 e. The van der Waals surface area contributed by atoms with Crippen LogP contribution in [0, 0.1) is 11.3 Å². The minimum absolute atomic E-state index is 0.0101. The van der Waals surface area contributed by atoms with Crippen LogP contribution in [0.5, 0.6) is 23.1 Å². The van der Waals surface area contributed by atoms with Gasteiger partial charge in [0, 0.05) is 19.7 Å². The molecule has 0 aliphatic carbocycles. The number of carbonyl (C=O) groups is 1. The molecule has 3 aliphatic rings. The van der Waals surface area contributed by atoms with Crippen LogP contribution in [0.3, 0.4) is 0 Å². The molecular formula is C62H64N7O10PSi. The average Bonchev–Trinajstić information content (AvgIpc) is 4.34. The fourth-order valence-electron chi connectivity index (χ4n) is 11.4. The molecule has 7 atom stereocenters. The monoisotopic (exact) mass is 1130 g/mol. The number of rotatable bonds is 23. The summed E-state index contributed by atoms with van der Waals surface area (Å²) in [6.07, 6.45) is 0.197. The van der Waals surface area contributed by atoms with Crippen LogP contribution in [-0.4, -0.2) is 116 Å². The zero-order valence-corrected chi connectivity index (χ0v) is 47.5. The number of para-hydroxylation sites is 1. The summed E-state index contributed by atoms with van der Waals surface area (Å²) in [5, 5.41) is 14.9. The van der Waals surface area contributed by atoms with Crippen LogP contribution in [-0.2, 0) is 33.7 Å². The Kier molecular flexibility index (Phi) is 17.1. The van der Waals surface area contributed by atoms with Gasteiger partial charge in [-0.2, -0.15) is 15.2 Å². The predicted octanol–water partition coefficient (Wildman–Crippen LogP) is 9.44. The minimum atomic E-state index is -2.37. The van der Waals surface area contributed by atoms with Crippen LogP contribution in [0.25, 0.3) is 11.2 Å². The number of nitrogens with zero attached hydrogens (tertiary/aromatic N) is 6. The maximum Gasteiger partial charge on any atom is 0.264 e. The molecule has 11 rings (SSSR count). The normalized spacial score (nSPS) is 20.9. The lowest BCUT2D eigenvalue weighted by Gasteiger charge is -2.37. The number of hydrogen-bond acceptors (Lipinski definition) is 15. The molecule has 416 valence electrons. The number of nitriles is 1. The lowest BCUT2D eigenvalue weighted by atomic mass is 9.80. The zero-order valence-electron chi connectivity index (χ0n) is 45.6. The van der Waals surface area contributed by atoms with Crippen LogP contribution < -0.4 is 34.6 Å². The van der Waals surface area contributed by atoms with Crippen molar-refractivity contribution in [1.29, 1.82) is 5.26 Å². The Bertz CT molecular complexity index is 3320. The SMILES string of the molecule is COc1ccc(C(OC[C@H]2O[C@@H](n3cnc4c(OCCC#N)nc(NC(=O)COc5ccccc5)nc43)[C@H](OC)[C@@H]2O[P@@]2O[C@H](C[Si](C)(c3ccccc3)c3ccccc3)[C@@H]3CCCN32)(c2ccccc2)c2ccc(OC)cc2)cc1. The van der Waals surface area contributed by atoms with Gasteiger partial charge in [-0.1, -0.05) is 150 Å². The Hall–Kier alpha value is -7.56. The van der Waals surface area contributed by atoms with Crippen LogP contribution in [0.2, 0.25) is 12.6 Å². The first-order chi connectivity index (χ1) is 39.7. The van der Waals surface area contributed by atoms with Crippen molar-refractivity contribution >= 4 is 50.0 Å². The van der Waals surface area contributed by atoms with E-state index in [1.165, 1.54) is 10.4 Å². The van der Waals surface area contributed by atoms with Gasteiger partial charge >= 0.3 is 0 Å². The van der Waals surface area contributed by atoms with E-state index >= 15 is 0 Å². The topological polar surface area (TPSA) is 183 Å². The first kappa shape index (κ1) is 55.3. The van der Waals surface area contributed by atoms with Gasteiger partial charge < -0.3 is 42.2 Å². The molecule has 0 spiro atoms. The van der Waals surface area contributed by atoms with E-state index in [-0.39, 0.29) is 61.4 Å². The second kappa shape index (κ2) is 25.1. The van der Waals surface area contributed by atoms with E-state index in [1.54, 1.807) is 44.4 Å². The number of fused-ring (bicyclic) bond motifs is 2. The van der Waals surface area contributed by atoms with E-state index in [2.05, 4.69) is 100 Å². The van der Waals surface area contributed by atoms with E-state index in [9.17, 15) is 10.1 Å². The number of methoxy groups -OCH3 is 3. The Morgan fingerprint density at radius 3 is 1.96 bits per heavy atom. The summed E-state index contributed by atoms with van der Waals surface area (Å²) < 4.78 is 63.6. The first-order valence-corrected chi connectivity index (χ1v) is 31.0. The molecule has 0 saturated carbocycles. The molecule has 2 aromatic heterocycles. The highest BCUT2D eigenvalue weighted by Gasteiger charge is 2.55. The largest absolute Gasteiger partial charge is 0.497 e. The third kappa shape index (κ3) is 11.5. The highest BCUT2D eigenvalue weighted by Crippen LogP contribution is 2.59.